The zero-order valence-corrected chi connectivity index (χ0v) is 21.1. The second-order valence-corrected chi connectivity index (χ2v) is 4.16. The molecule has 0 aromatic rings. The van der Waals surface area contributed by atoms with Crippen molar-refractivity contribution in [2.75, 3.05) is 40.8 Å². The van der Waals surface area contributed by atoms with Crippen LogP contribution in [-0.2, 0) is 0 Å². The molecule has 1 fully saturated rings. The zero-order chi connectivity index (χ0) is 9.40. The van der Waals surface area contributed by atoms with Gasteiger partial charge in [-0.05, 0) is 26.2 Å². The Morgan fingerprint density at radius 1 is 0.929 bits per heavy atom. The maximum Gasteiger partial charge on any atom is 1.00 e. The van der Waals surface area contributed by atoms with E-state index in [9.17, 15) is 0 Å². The summed E-state index contributed by atoms with van der Waals surface area (Å²) in [5.41, 5.74) is 0. The van der Waals surface area contributed by atoms with Crippen molar-refractivity contribution in [2.45, 2.75) is 26.2 Å². The Labute approximate surface area is 188 Å². The van der Waals surface area contributed by atoms with Crippen molar-refractivity contribution in [1.29, 1.82) is 0 Å². The van der Waals surface area contributed by atoms with Crippen LogP contribution in [0.5, 0.6) is 0 Å². The molecule has 74 valence electrons. The second-order valence-electron chi connectivity index (χ2n) is 4.16. The molecule has 2 nitrogen and oxygen atoms in total. The van der Waals surface area contributed by atoms with E-state index < -0.39 is 0 Å². The fourth-order valence-electron chi connectivity index (χ4n) is 1.41. The van der Waals surface area contributed by atoms with Crippen LogP contribution in [0.1, 0.15) is 26.2 Å². The molecular formula is C10H26N2Rb2+4. The minimum absolute atomic E-state index is 0. The number of hydrogen-bond donors (Lipinski definition) is 2. The fourth-order valence-corrected chi connectivity index (χ4v) is 1.41. The molecule has 2 N–H and O–H groups in total. The number of hydrogen-bond acceptors (Lipinski definition) is 0. The van der Waals surface area contributed by atoms with E-state index in [-0.39, 0.29) is 116 Å². The van der Waals surface area contributed by atoms with Gasteiger partial charge in [-0.25, -0.2) is 0 Å². The van der Waals surface area contributed by atoms with Gasteiger partial charge in [-0.1, -0.05) is 0 Å². The number of rotatable bonds is 1. The number of likely N-dealkylation sites (tertiary alicyclic amines) is 1. The SMILES string of the molecule is CC[NH+]1CCCCC1.C[NH+](C)C.[Rb+].[Rb+]. The monoisotopic (exact) mass is 344 g/mol. The Hall–Kier alpha value is 3.53. The molecule has 1 heterocycles. The van der Waals surface area contributed by atoms with Crippen LogP contribution in [0.4, 0.5) is 0 Å². The van der Waals surface area contributed by atoms with Gasteiger partial charge in [-0.2, -0.15) is 0 Å². The van der Waals surface area contributed by atoms with Gasteiger partial charge in [0.05, 0.1) is 40.8 Å². The van der Waals surface area contributed by atoms with Gasteiger partial charge in [0.2, 0.25) is 0 Å². The molecule has 0 radical (unpaired) electrons. The van der Waals surface area contributed by atoms with E-state index in [1.807, 2.05) is 0 Å². The van der Waals surface area contributed by atoms with Crippen molar-refractivity contribution in [2.24, 2.45) is 0 Å². The number of piperidine rings is 1. The van der Waals surface area contributed by atoms with Crippen LogP contribution < -0.4 is 126 Å². The van der Waals surface area contributed by atoms with Crippen molar-refractivity contribution in [1.82, 2.24) is 0 Å². The van der Waals surface area contributed by atoms with Crippen LogP contribution in [-0.4, -0.2) is 40.8 Å². The van der Waals surface area contributed by atoms with E-state index in [0.29, 0.717) is 0 Å². The van der Waals surface area contributed by atoms with E-state index in [4.69, 9.17) is 0 Å². The summed E-state index contributed by atoms with van der Waals surface area (Å²) in [6.45, 7) is 6.47. The van der Waals surface area contributed by atoms with Crippen LogP contribution >= 0.6 is 0 Å². The Bertz CT molecular complexity index is 91.4. The molecule has 0 unspecified atom stereocenters. The van der Waals surface area contributed by atoms with E-state index in [1.165, 1.54) is 43.8 Å². The molecule has 1 aliphatic rings. The predicted octanol–water partition coefficient (Wildman–Crippen LogP) is -7.16. The van der Waals surface area contributed by atoms with Crippen molar-refractivity contribution in [3.63, 3.8) is 0 Å². The van der Waals surface area contributed by atoms with Crippen LogP contribution in [0.3, 0.4) is 0 Å². The summed E-state index contributed by atoms with van der Waals surface area (Å²) in [4.78, 5) is 3.22. The average molecular weight is 345 g/mol. The maximum absolute atomic E-state index is 2.28. The molecule has 1 saturated heterocycles. The predicted molar refractivity (Wildman–Crippen MR) is 53.8 cm³/mol. The molecule has 1 aliphatic heterocycles. The average Bonchev–Trinajstić information content (AvgIpc) is 2.05. The quantitative estimate of drug-likeness (QED) is 0.468. The van der Waals surface area contributed by atoms with E-state index in [1.54, 1.807) is 4.90 Å². The summed E-state index contributed by atoms with van der Waals surface area (Å²) in [5, 5.41) is 0. The minimum Gasteiger partial charge on any atom is -0.342 e. The van der Waals surface area contributed by atoms with Crippen molar-refractivity contribution in [3.05, 3.63) is 0 Å². The maximum atomic E-state index is 2.28. The first-order valence-corrected chi connectivity index (χ1v) is 5.27. The van der Waals surface area contributed by atoms with E-state index >= 15 is 0 Å². The van der Waals surface area contributed by atoms with Crippen LogP contribution in [0.25, 0.3) is 0 Å². The third kappa shape index (κ3) is 17.9. The van der Waals surface area contributed by atoms with Gasteiger partial charge in [-0.3, -0.25) is 0 Å². The molecule has 0 aliphatic carbocycles. The molecule has 0 spiro atoms. The van der Waals surface area contributed by atoms with Crippen molar-refractivity contribution >= 4 is 0 Å². The fraction of sp³-hybridized carbons (Fsp3) is 1.00. The summed E-state index contributed by atoms with van der Waals surface area (Å²) >= 11 is 0. The Morgan fingerprint density at radius 3 is 1.50 bits per heavy atom. The Morgan fingerprint density at radius 2 is 1.29 bits per heavy atom. The van der Waals surface area contributed by atoms with Gasteiger partial charge in [0.25, 0.3) is 0 Å². The third-order valence-electron chi connectivity index (χ3n) is 2.06. The van der Waals surface area contributed by atoms with Crippen LogP contribution in [0, 0.1) is 0 Å². The molecular weight excluding hydrogens is 319 g/mol. The molecule has 0 aromatic heterocycles. The minimum atomic E-state index is 0. The topological polar surface area (TPSA) is 8.88 Å². The largest absolute Gasteiger partial charge is 1.00 e. The van der Waals surface area contributed by atoms with Crippen LogP contribution in [0.2, 0.25) is 0 Å². The summed E-state index contributed by atoms with van der Waals surface area (Å²) < 4.78 is 0. The number of quaternary nitrogens is 2. The molecule has 0 aromatic carbocycles. The molecule has 0 saturated carbocycles. The Kier molecular flexibility index (Phi) is 26.8. The smallest absolute Gasteiger partial charge is 0.342 e. The molecule has 0 amide bonds. The summed E-state index contributed by atoms with van der Waals surface area (Å²) in [6, 6.07) is 0. The van der Waals surface area contributed by atoms with Crippen molar-refractivity contribution in [3.8, 4) is 0 Å². The summed E-state index contributed by atoms with van der Waals surface area (Å²) in [7, 11) is 6.25. The molecule has 0 bridgehead atoms. The van der Waals surface area contributed by atoms with Gasteiger partial charge < -0.3 is 9.80 Å². The van der Waals surface area contributed by atoms with Gasteiger partial charge in [0.15, 0.2) is 0 Å². The first-order valence-electron chi connectivity index (χ1n) is 5.27. The normalized spacial score (nSPS) is 16.1. The van der Waals surface area contributed by atoms with Gasteiger partial charge >= 0.3 is 116 Å². The first-order chi connectivity index (χ1) is 5.66. The van der Waals surface area contributed by atoms with Crippen LogP contribution in [0.15, 0.2) is 0 Å². The summed E-state index contributed by atoms with van der Waals surface area (Å²) in [5.74, 6) is 0. The molecule has 0 atom stereocenters. The molecule has 4 heteroatoms. The van der Waals surface area contributed by atoms with Gasteiger partial charge in [-0.15, -0.1) is 0 Å². The molecule has 1 rings (SSSR count). The van der Waals surface area contributed by atoms with Gasteiger partial charge in [0, 0.05) is 0 Å². The van der Waals surface area contributed by atoms with E-state index in [0.717, 1.165) is 0 Å². The van der Waals surface area contributed by atoms with Crippen molar-refractivity contribution < 1.29 is 126 Å². The first kappa shape index (κ1) is 22.7. The Balaban J connectivity index is -0.000000180. The number of nitrogens with one attached hydrogen (secondary N) is 2. The van der Waals surface area contributed by atoms with E-state index in [2.05, 4.69) is 28.1 Å². The third-order valence-corrected chi connectivity index (χ3v) is 2.06. The zero-order valence-electron chi connectivity index (χ0n) is 11.2. The molecule has 14 heavy (non-hydrogen) atoms. The standard InChI is InChI=1S/C7H15N.C3H9N.2Rb/c1-2-8-6-4-3-5-7-8;1-4(2)3;;/h2-7H2,1H3;1-3H3;;/q;;2*+1/p+2. The van der Waals surface area contributed by atoms with Gasteiger partial charge in [0.1, 0.15) is 0 Å². The summed E-state index contributed by atoms with van der Waals surface area (Å²) in [6.07, 6.45) is 4.40. The second kappa shape index (κ2) is 16.5.